The number of anilines is 1. The van der Waals surface area contributed by atoms with E-state index < -0.39 is 11.9 Å². The first-order chi connectivity index (χ1) is 12.5. The van der Waals surface area contributed by atoms with Gasteiger partial charge in [-0.25, -0.2) is 4.79 Å². The van der Waals surface area contributed by atoms with E-state index in [1.54, 1.807) is 0 Å². The Kier molecular flexibility index (Phi) is 5.96. The predicted molar refractivity (Wildman–Crippen MR) is 98.4 cm³/mol. The second kappa shape index (κ2) is 8.20. The van der Waals surface area contributed by atoms with Gasteiger partial charge >= 0.3 is 11.9 Å². The number of amides is 1. The molecule has 2 aliphatic rings. The van der Waals surface area contributed by atoms with Crippen LogP contribution in [-0.2, 0) is 31.9 Å². The first-order valence-electron chi connectivity index (χ1n) is 9.19. The van der Waals surface area contributed by atoms with Crippen LogP contribution in [0.1, 0.15) is 59.8 Å². The van der Waals surface area contributed by atoms with E-state index in [0.717, 1.165) is 55.4 Å². The molecule has 3 rings (SSSR count). The van der Waals surface area contributed by atoms with Gasteiger partial charge in [-0.2, -0.15) is 0 Å². The van der Waals surface area contributed by atoms with Crippen LogP contribution in [0.5, 0.6) is 0 Å². The molecule has 1 fully saturated rings. The van der Waals surface area contributed by atoms with Crippen molar-refractivity contribution in [2.45, 2.75) is 51.9 Å². The molecule has 2 aliphatic carbocycles. The van der Waals surface area contributed by atoms with Crippen LogP contribution in [-0.4, -0.2) is 31.6 Å². The Morgan fingerprint density at radius 3 is 2.62 bits per heavy atom. The summed E-state index contributed by atoms with van der Waals surface area (Å²) in [5.74, 6) is -0.680. The highest BCUT2D eigenvalue weighted by molar-refractivity contribution is 7.17. The van der Waals surface area contributed by atoms with Crippen molar-refractivity contribution in [2.75, 3.05) is 19.0 Å². The Hall–Kier alpha value is -1.89. The van der Waals surface area contributed by atoms with Crippen molar-refractivity contribution < 1.29 is 23.9 Å². The fourth-order valence-electron chi connectivity index (χ4n) is 3.74. The molecule has 0 radical (unpaired) electrons. The maximum Gasteiger partial charge on any atom is 0.341 e. The lowest BCUT2D eigenvalue weighted by Gasteiger charge is -2.18. The average Bonchev–Trinajstić information content (AvgIpc) is 3.26. The van der Waals surface area contributed by atoms with Crippen LogP contribution in [0, 0.1) is 11.8 Å². The molecule has 1 heterocycles. The summed E-state index contributed by atoms with van der Waals surface area (Å²) in [5, 5.41) is 3.24. The van der Waals surface area contributed by atoms with Gasteiger partial charge in [0.15, 0.2) is 6.61 Å². The van der Waals surface area contributed by atoms with Crippen LogP contribution >= 0.6 is 11.3 Å². The Morgan fingerprint density at radius 2 is 1.92 bits per heavy atom. The number of fused-ring (bicyclic) bond motifs is 1. The highest BCUT2D eigenvalue weighted by Gasteiger charge is 2.29. The number of thiophene rings is 1. The topological polar surface area (TPSA) is 81.7 Å². The summed E-state index contributed by atoms with van der Waals surface area (Å²) in [6.45, 7) is 1.86. The molecular formula is C19H25NO5S. The maximum absolute atomic E-state index is 12.2. The number of hydrogen-bond donors (Lipinski definition) is 1. The van der Waals surface area contributed by atoms with E-state index in [4.69, 9.17) is 9.47 Å². The Morgan fingerprint density at radius 1 is 1.19 bits per heavy atom. The molecule has 142 valence electrons. The van der Waals surface area contributed by atoms with E-state index in [0.29, 0.717) is 16.5 Å². The van der Waals surface area contributed by atoms with Crippen molar-refractivity contribution in [3.05, 3.63) is 16.0 Å². The fraction of sp³-hybridized carbons (Fsp3) is 0.632. The van der Waals surface area contributed by atoms with Crippen LogP contribution < -0.4 is 5.32 Å². The summed E-state index contributed by atoms with van der Waals surface area (Å²) in [5.41, 5.74) is 1.44. The van der Waals surface area contributed by atoms with Crippen molar-refractivity contribution in [2.24, 2.45) is 11.8 Å². The van der Waals surface area contributed by atoms with E-state index in [1.165, 1.54) is 18.4 Å². The van der Waals surface area contributed by atoms with Gasteiger partial charge in [0.2, 0.25) is 0 Å². The van der Waals surface area contributed by atoms with Gasteiger partial charge in [0.1, 0.15) is 5.00 Å². The third-order valence-corrected chi connectivity index (χ3v) is 6.36. The minimum Gasteiger partial charge on any atom is -0.465 e. The van der Waals surface area contributed by atoms with Gasteiger partial charge in [-0.05, 0) is 43.6 Å². The number of hydrogen-bond acceptors (Lipinski definition) is 6. The number of ether oxygens (including phenoxy) is 2. The molecule has 0 unspecified atom stereocenters. The van der Waals surface area contributed by atoms with Gasteiger partial charge in [-0.3, -0.25) is 9.59 Å². The quantitative estimate of drug-likeness (QED) is 0.794. The summed E-state index contributed by atoms with van der Waals surface area (Å²) >= 11 is 1.42. The van der Waals surface area contributed by atoms with Crippen LogP contribution in [0.3, 0.4) is 0 Å². The highest BCUT2D eigenvalue weighted by atomic mass is 32.1. The third kappa shape index (κ3) is 4.09. The molecule has 1 atom stereocenters. The molecule has 7 heteroatoms. The van der Waals surface area contributed by atoms with Crippen molar-refractivity contribution in [3.8, 4) is 0 Å². The van der Waals surface area contributed by atoms with Crippen LogP contribution in [0.25, 0.3) is 0 Å². The normalized spacial score (nSPS) is 19.7. The van der Waals surface area contributed by atoms with E-state index in [1.807, 2.05) is 0 Å². The zero-order chi connectivity index (χ0) is 18.7. The summed E-state index contributed by atoms with van der Waals surface area (Å²) in [7, 11) is 1.34. The van der Waals surface area contributed by atoms with E-state index in [-0.39, 0.29) is 18.5 Å². The minimum absolute atomic E-state index is 0.0797. The largest absolute Gasteiger partial charge is 0.465 e. The van der Waals surface area contributed by atoms with Gasteiger partial charge in [0.25, 0.3) is 5.91 Å². The lowest BCUT2D eigenvalue weighted by molar-refractivity contribution is -0.151. The number of esters is 2. The number of nitrogens with one attached hydrogen (secondary N) is 1. The van der Waals surface area contributed by atoms with Crippen molar-refractivity contribution in [1.82, 2.24) is 0 Å². The lowest BCUT2D eigenvalue weighted by atomic mass is 9.88. The van der Waals surface area contributed by atoms with Gasteiger partial charge in [0, 0.05) is 4.88 Å². The molecule has 26 heavy (non-hydrogen) atoms. The first-order valence-corrected chi connectivity index (χ1v) is 10.0. The SMILES string of the molecule is COC(=O)c1c(NC(=O)COC(=O)C2CCCC2)sc2c1CC[C@H](C)C2. The molecular weight excluding hydrogens is 354 g/mol. The van der Waals surface area contributed by atoms with Gasteiger partial charge in [0.05, 0.1) is 18.6 Å². The third-order valence-electron chi connectivity index (χ3n) is 5.19. The smallest absolute Gasteiger partial charge is 0.341 e. The lowest BCUT2D eigenvalue weighted by Crippen LogP contribution is -2.24. The molecule has 1 saturated carbocycles. The number of carbonyl (C=O) groups excluding carboxylic acids is 3. The summed E-state index contributed by atoms with van der Waals surface area (Å²) in [6.07, 6.45) is 6.47. The zero-order valence-electron chi connectivity index (χ0n) is 15.3. The molecule has 0 bridgehead atoms. The van der Waals surface area contributed by atoms with Crippen LogP contribution in [0.4, 0.5) is 5.00 Å². The molecule has 1 aromatic rings. The highest BCUT2D eigenvalue weighted by Crippen LogP contribution is 2.40. The zero-order valence-corrected chi connectivity index (χ0v) is 16.1. The molecule has 1 N–H and O–H groups in total. The minimum atomic E-state index is -0.435. The van der Waals surface area contributed by atoms with Crippen molar-refractivity contribution in [3.63, 3.8) is 0 Å². The molecule has 1 aromatic heterocycles. The molecule has 0 aromatic carbocycles. The molecule has 0 spiro atoms. The van der Waals surface area contributed by atoms with Crippen molar-refractivity contribution in [1.29, 1.82) is 0 Å². The Labute approximate surface area is 157 Å². The first kappa shape index (κ1) is 18.9. The van der Waals surface area contributed by atoms with Crippen LogP contribution in [0.2, 0.25) is 0 Å². The van der Waals surface area contributed by atoms with Crippen LogP contribution in [0.15, 0.2) is 0 Å². The second-order valence-electron chi connectivity index (χ2n) is 7.18. The van der Waals surface area contributed by atoms with E-state index in [9.17, 15) is 14.4 Å². The number of methoxy groups -OCH3 is 1. The van der Waals surface area contributed by atoms with Gasteiger partial charge in [-0.15, -0.1) is 11.3 Å². The van der Waals surface area contributed by atoms with Crippen molar-refractivity contribution >= 4 is 34.2 Å². The number of carbonyl (C=O) groups is 3. The fourth-order valence-corrected chi connectivity index (χ4v) is 5.15. The molecule has 1 amide bonds. The predicted octanol–water partition coefficient (Wildman–Crippen LogP) is 3.33. The standard InChI is InChI=1S/C19H25NO5S/c1-11-7-8-13-14(9-11)26-17(16(13)19(23)24-2)20-15(21)10-25-18(22)12-5-3-4-6-12/h11-12H,3-10H2,1-2H3,(H,20,21)/t11-/m0/s1. The van der Waals surface area contributed by atoms with E-state index in [2.05, 4.69) is 12.2 Å². The molecule has 6 nitrogen and oxygen atoms in total. The Balaban J connectivity index is 1.67. The summed E-state index contributed by atoms with van der Waals surface area (Å²) < 4.78 is 10.0. The van der Waals surface area contributed by atoms with E-state index >= 15 is 0 Å². The average molecular weight is 379 g/mol. The molecule has 0 saturated heterocycles. The second-order valence-corrected chi connectivity index (χ2v) is 8.29. The Bertz CT molecular complexity index is 705. The van der Waals surface area contributed by atoms with Gasteiger partial charge in [-0.1, -0.05) is 19.8 Å². The molecule has 0 aliphatic heterocycles. The summed E-state index contributed by atoms with van der Waals surface area (Å²) in [4.78, 5) is 37.5. The van der Waals surface area contributed by atoms with Gasteiger partial charge < -0.3 is 14.8 Å². The monoisotopic (exact) mass is 379 g/mol. The number of rotatable bonds is 5. The summed E-state index contributed by atoms with van der Waals surface area (Å²) in [6, 6.07) is 0. The maximum atomic E-state index is 12.2.